The Morgan fingerprint density at radius 3 is 2.37 bits per heavy atom. The van der Waals surface area contributed by atoms with Crippen molar-refractivity contribution in [2.75, 3.05) is 22.5 Å². The van der Waals surface area contributed by atoms with Gasteiger partial charge in [0, 0.05) is 23.4 Å². The highest BCUT2D eigenvalue weighted by Gasteiger charge is 2.13. The fourth-order valence-electron chi connectivity index (χ4n) is 3.40. The average molecular weight is 493 g/mol. The summed E-state index contributed by atoms with van der Waals surface area (Å²) in [6, 6.07) is 21.4. The normalized spacial score (nSPS) is 11.3. The minimum atomic E-state index is -0.323. The number of anilines is 3. The van der Waals surface area contributed by atoms with Gasteiger partial charge in [0.1, 0.15) is 0 Å². The van der Waals surface area contributed by atoms with Crippen LogP contribution in [0.4, 0.5) is 17.1 Å². The van der Waals surface area contributed by atoms with Gasteiger partial charge in [-0.15, -0.1) is 0 Å². The second-order valence-electron chi connectivity index (χ2n) is 8.08. The van der Waals surface area contributed by atoms with Crippen molar-refractivity contribution in [1.82, 2.24) is 5.32 Å². The standard InChI is InChI=1S/C27H29ClN4O3/c1-3-8-25(33)31-22-13-14-23(28)24(16-22)32-26(34)17-29-21-12-7-11-20(15-21)27(35)30-18(2)19-9-5-4-6-10-19/h4-7,9-16,18,29H,3,8,17H2,1-2H3,(H,30,35)(H,31,33)(H,32,34). The molecule has 8 heteroatoms. The molecule has 3 amide bonds. The number of hydrogen-bond acceptors (Lipinski definition) is 4. The molecule has 0 aliphatic heterocycles. The smallest absolute Gasteiger partial charge is 0.251 e. The van der Waals surface area contributed by atoms with Gasteiger partial charge in [-0.25, -0.2) is 0 Å². The summed E-state index contributed by atoms with van der Waals surface area (Å²) in [5, 5.41) is 11.9. The topological polar surface area (TPSA) is 99.3 Å². The van der Waals surface area contributed by atoms with Crippen LogP contribution in [0, 0.1) is 0 Å². The van der Waals surface area contributed by atoms with E-state index in [2.05, 4.69) is 21.3 Å². The van der Waals surface area contributed by atoms with Crippen LogP contribution < -0.4 is 21.3 Å². The van der Waals surface area contributed by atoms with Crippen LogP contribution in [0.25, 0.3) is 0 Å². The molecular weight excluding hydrogens is 464 g/mol. The van der Waals surface area contributed by atoms with Crippen molar-refractivity contribution >= 4 is 46.4 Å². The van der Waals surface area contributed by atoms with Crippen LogP contribution in [0.15, 0.2) is 72.8 Å². The van der Waals surface area contributed by atoms with Gasteiger partial charge in [0.2, 0.25) is 11.8 Å². The van der Waals surface area contributed by atoms with Crippen molar-refractivity contribution in [2.45, 2.75) is 32.7 Å². The van der Waals surface area contributed by atoms with Gasteiger partial charge >= 0.3 is 0 Å². The molecule has 0 saturated heterocycles. The van der Waals surface area contributed by atoms with Crippen LogP contribution in [-0.2, 0) is 9.59 Å². The molecule has 0 heterocycles. The van der Waals surface area contributed by atoms with Crippen molar-refractivity contribution in [3.63, 3.8) is 0 Å². The summed E-state index contributed by atoms with van der Waals surface area (Å²) in [6.45, 7) is 3.82. The van der Waals surface area contributed by atoms with E-state index >= 15 is 0 Å². The zero-order valence-electron chi connectivity index (χ0n) is 19.7. The van der Waals surface area contributed by atoms with Gasteiger partial charge in [0.05, 0.1) is 23.3 Å². The van der Waals surface area contributed by atoms with Crippen molar-refractivity contribution in [3.8, 4) is 0 Å². The number of carbonyl (C=O) groups excluding carboxylic acids is 3. The SMILES string of the molecule is CCCC(=O)Nc1ccc(Cl)c(NC(=O)CNc2cccc(C(=O)NC(C)c3ccccc3)c2)c1. The van der Waals surface area contributed by atoms with E-state index in [1.807, 2.05) is 44.2 Å². The summed E-state index contributed by atoms with van der Waals surface area (Å²) in [6.07, 6.45) is 1.15. The molecule has 0 aliphatic carbocycles. The zero-order chi connectivity index (χ0) is 25.2. The molecule has 182 valence electrons. The first-order chi connectivity index (χ1) is 16.9. The molecule has 4 N–H and O–H groups in total. The maximum Gasteiger partial charge on any atom is 0.251 e. The van der Waals surface area contributed by atoms with Crippen molar-refractivity contribution in [1.29, 1.82) is 0 Å². The quantitative estimate of drug-likeness (QED) is 0.295. The van der Waals surface area contributed by atoms with Gasteiger partial charge in [-0.1, -0.05) is 54.9 Å². The predicted molar refractivity (Wildman–Crippen MR) is 141 cm³/mol. The lowest BCUT2D eigenvalue weighted by molar-refractivity contribution is -0.116. The summed E-state index contributed by atoms with van der Waals surface area (Å²) < 4.78 is 0. The minimum Gasteiger partial charge on any atom is -0.376 e. The highest BCUT2D eigenvalue weighted by atomic mass is 35.5. The minimum absolute atomic E-state index is 0.0335. The van der Waals surface area contributed by atoms with E-state index in [1.54, 1.807) is 42.5 Å². The van der Waals surface area contributed by atoms with Crippen LogP contribution in [0.2, 0.25) is 5.02 Å². The Morgan fingerprint density at radius 1 is 0.857 bits per heavy atom. The van der Waals surface area contributed by atoms with Crippen LogP contribution >= 0.6 is 11.6 Å². The maximum atomic E-state index is 12.7. The third-order valence-electron chi connectivity index (χ3n) is 5.23. The van der Waals surface area contributed by atoms with E-state index in [0.29, 0.717) is 34.1 Å². The third-order valence-corrected chi connectivity index (χ3v) is 5.56. The first kappa shape index (κ1) is 25.8. The summed E-state index contributed by atoms with van der Waals surface area (Å²) >= 11 is 6.20. The highest BCUT2D eigenvalue weighted by molar-refractivity contribution is 6.34. The first-order valence-corrected chi connectivity index (χ1v) is 11.8. The first-order valence-electron chi connectivity index (χ1n) is 11.4. The summed E-state index contributed by atoms with van der Waals surface area (Å²) in [5.74, 6) is -0.629. The molecule has 0 aliphatic rings. The lowest BCUT2D eigenvalue weighted by Gasteiger charge is -2.15. The highest BCUT2D eigenvalue weighted by Crippen LogP contribution is 2.26. The Bertz CT molecular complexity index is 1180. The van der Waals surface area contributed by atoms with Crippen LogP contribution in [0.5, 0.6) is 0 Å². The van der Waals surface area contributed by atoms with E-state index in [9.17, 15) is 14.4 Å². The Kier molecular flexibility index (Phi) is 9.26. The number of benzene rings is 3. The molecule has 0 bridgehead atoms. The van der Waals surface area contributed by atoms with E-state index in [-0.39, 0.29) is 30.3 Å². The number of hydrogen-bond donors (Lipinski definition) is 4. The zero-order valence-corrected chi connectivity index (χ0v) is 20.5. The fourth-order valence-corrected chi connectivity index (χ4v) is 3.57. The lowest BCUT2D eigenvalue weighted by Crippen LogP contribution is -2.27. The molecule has 0 fully saturated rings. The fraction of sp³-hybridized carbons (Fsp3) is 0.222. The van der Waals surface area contributed by atoms with E-state index in [0.717, 1.165) is 12.0 Å². The van der Waals surface area contributed by atoms with Gasteiger partial charge in [-0.2, -0.15) is 0 Å². The third kappa shape index (κ3) is 7.86. The molecule has 7 nitrogen and oxygen atoms in total. The number of carbonyl (C=O) groups is 3. The van der Waals surface area contributed by atoms with Crippen LogP contribution in [0.3, 0.4) is 0 Å². The molecule has 1 atom stereocenters. The van der Waals surface area contributed by atoms with Crippen LogP contribution in [-0.4, -0.2) is 24.3 Å². The summed E-state index contributed by atoms with van der Waals surface area (Å²) in [7, 11) is 0. The largest absolute Gasteiger partial charge is 0.376 e. The number of halogens is 1. The molecule has 3 rings (SSSR count). The van der Waals surface area contributed by atoms with Gasteiger partial charge in [0.15, 0.2) is 0 Å². The Morgan fingerprint density at radius 2 is 1.63 bits per heavy atom. The second kappa shape index (κ2) is 12.6. The van der Waals surface area contributed by atoms with Gasteiger partial charge in [-0.3, -0.25) is 14.4 Å². The Balaban J connectivity index is 1.56. The summed E-state index contributed by atoms with van der Waals surface area (Å²) in [5.41, 5.74) is 3.08. The monoisotopic (exact) mass is 492 g/mol. The molecule has 0 radical (unpaired) electrons. The number of amides is 3. The summed E-state index contributed by atoms with van der Waals surface area (Å²) in [4.78, 5) is 37.0. The van der Waals surface area contributed by atoms with Crippen LogP contribution in [0.1, 0.15) is 48.7 Å². The Hall–Kier alpha value is -3.84. The Labute approximate surface area is 210 Å². The predicted octanol–water partition coefficient (Wildman–Crippen LogP) is 5.62. The maximum absolute atomic E-state index is 12.7. The molecule has 0 saturated carbocycles. The van der Waals surface area contributed by atoms with E-state index in [4.69, 9.17) is 11.6 Å². The van der Waals surface area contributed by atoms with Crippen molar-refractivity contribution in [3.05, 3.63) is 88.9 Å². The van der Waals surface area contributed by atoms with Gasteiger partial charge in [-0.05, 0) is 55.3 Å². The molecule has 0 spiro atoms. The molecule has 1 unspecified atom stereocenters. The molecular formula is C27H29ClN4O3. The van der Waals surface area contributed by atoms with Gasteiger partial charge in [0.25, 0.3) is 5.91 Å². The van der Waals surface area contributed by atoms with E-state index in [1.165, 1.54) is 0 Å². The second-order valence-corrected chi connectivity index (χ2v) is 8.49. The van der Waals surface area contributed by atoms with Crippen molar-refractivity contribution in [2.24, 2.45) is 0 Å². The number of rotatable bonds is 10. The van der Waals surface area contributed by atoms with Gasteiger partial charge < -0.3 is 21.3 Å². The lowest BCUT2D eigenvalue weighted by atomic mass is 10.1. The van der Waals surface area contributed by atoms with Crippen molar-refractivity contribution < 1.29 is 14.4 Å². The average Bonchev–Trinajstić information content (AvgIpc) is 2.85. The molecule has 3 aromatic carbocycles. The molecule has 3 aromatic rings. The molecule has 35 heavy (non-hydrogen) atoms. The molecule has 0 aromatic heterocycles. The van der Waals surface area contributed by atoms with E-state index < -0.39 is 0 Å². The number of nitrogens with one attached hydrogen (secondary N) is 4.